The lowest BCUT2D eigenvalue weighted by atomic mass is 10.1. The van der Waals surface area contributed by atoms with Gasteiger partial charge < -0.3 is 4.74 Å². The minimum atomic E-state index is -3.55. The molecule has 0 saturated carbocycles. The van der Waals surface area contributed by atoms with E-state index in [1.165, 1.54) is 16.4 Å². The molecule has 1 aromatic heterocycles. The summed E-state index contributed by atoms with van der Waals surface area (Å²) in [6.07, 6.45) is 1.70. The second kappa shape index (κ2) is 8.67. The number of hydrogen-bond acceptors (Lipinski definition) is 5. The number of aromatic nitrogens is 1. The van der Waals surface area contributed by atoms with Crippen LogP contribution in [0.4, 0.5) is 4.39 Å². The Balaban J connectivity index is 1.44. The average molecular weight is 430 g/mol. The highest BCUT2D eigenvalue weighted by Gasteiger charge is 2.28. The van der Waals surface area contributed by atoms with Gasteiger partial charge in [-0.25, -0.2) is 12.8 Å². The predicted octanol–water partition coefficient (Wildman–Crippen LogP) is 3.28. The predicted molar refractivity (Wildman–Crippen MR) is 113 cm³/mol. The van der Waals surface area contributed by atoms with Crippen LogP contribution in [0.1, 0.15) is 12.5 Å². The van der Waals surface area contributed by atoms with Crippen LogP contribution in [0.25, 0.3) is 10.9 Å². The van der Waals surface area contributed by atoms with E-state index in [-0.39, 0.29) is 10.7 Å². The molecule has 0 atom stereocenters. The van der Waals surface area contributed by atoms with Gasteiger partial charge in [0.25, 0.3) is 0 Å². The first-order chi connectivity index (χ1) is 14.5. The fourth-order valence-electron chi connectivity index (χ4n) is 3.74. The average Bonchev–Trinajstić information content (AvgIpc) is 2.75. The maximum atomic E-state index is 14.0. The van der Waals surface area contributed by atoms with E-state index < -0.39 is 10.0 Å². The van der Waals surface area contributed by atoms with Crippen LogP contribution in [-0.4, -0.2) is 55.4 Å². The molecule has 158 valence electrons. The van der Waals surface area contributed by atoms with Crippen LogP contribution in [0.2, 0.25) is 0 Å². The van der Waals surface area contributed by atoms with Gasteiger partial charge >= 0.3 is 0 Å². The zero-order valence-corrected chi connectivity index (χ0v) is 17.6. The van der Waals surface area contributed by atoms with Crippen molar-refractivity contribution in [2.24, 2.45) is 0 Å². The van der Waals surface area contributed by atoms with E-state index >= 15 is 0 Å². The van der Waals surface area contributed by atoms with Crippen LogP contribution in [0.3, 0.4) is 0 Å². The number of benzene rings is 2. The number of rotatable bonds is 6. The molecule has 0 N–H and O–H groups in total. The lowest BCUT2D eigenvalue weighted by molar-refractivity contribution is 0.182. The van der Waals surface area contributed by atoms with Crippen LogP contribution in [0.15, 0.2) is 59.6 Å². The summed E-state index contributed by atoms with van der Waals surface area (Å²) >= 11 is 0. The van der Waals surface area contributed by atoms with Crippen LogP contribution in [-0.2, 0) is 16.6 Å². The second-order valence-electron chi connectivity index (χ2n) is 7.22. The zero-order chi connectivity index (χ0) is 21.1. The normalized spacial score (nSPS) is 16.1. The Labute approximate surface area is 175 Å². The van der Waals surface area contributed by atoms with Gasteiger partial charge in [-0.15, -0.1) is 0 Å². The molecule has 0 aliphatic carbocycles. The Morgan fingerprint density at radius 2 is 1.80 bits per heavy atom. The highest BCUT2D eigenvalue weighted by Crippen LogP contribution is 2.23. The maximum Gasteiger partial charge on any atom is 0.243 e. The third-order valence-electron chi connectivity index (χ3n) is 5.25. The summed E-state index contributed by atoms with van der Waals surface area (Å²) in [6, 6.07) is 13.1. The minimum Gasteiger partial charge on any atom is -0.494 e. The Hall–Kier alpha value is -2.55. The Morgan fingerprint density at radius 3 is 2.50 bits per heavy atom. The molecule has 2 aromatic carbocycles. The van der Waals surface area contributed by atoms with Crippen molar-refractivity contribution in [1.82, 2.24) is 14.2 Å². The standard InChI is InChI=1S/C22H24FN3O3S/c1-2-29-20-5-7-21(8-6-20)30(27,28)26-12-10-25(11-13-26)16-18-15-19(23)14-17-4-3-9-24-22(17)18/h3-9,14-15H,2,10-13,16H2,1H3. The number of nitrogens with zero attached hydrogens (tertiary/aromatic N) is 3. The van der Waals surface area contributed by atoms with Gasteiger partial charge in [-0.3, -0.25) is 9.88 Å². The van der Waals surface area contributed by atoms with Crippen molar-refractivity contribution in [3.05, 3.63) is 66.1 Å². The lowest BCUT2D eigenvalue weighted by Crippen LogP contribution is -2.48. The third kappa shape index (κ3) is 4.30. The number of pyridine rings is 1. The van der Waals surface area contributed by atoms with Gasteiger partial charge in [-0.05, 0) is 55.0 Å². The molecule has 1 aliphatic heterocycles. The van der Waals surface area contributed by atoms with Gasteiger partial charge in [0, 0.05) is 44.3 Å². The fraction of sp³-hybridized carbons (Fsp3) is 0.318. The summed E-state index contributed by atoms with van der Waals surface area (Å²) < 4.78 is 46.8. The first kappa shape index (κ1) is 20.7. The second-order valence-corrected chi connectivity index (χ2v) is 9.16. The molecule has 0 unspecified atom stereocenters. The SMILES string of the molecule is CCOc1ccc(S(=O)(=O)N2CCN(Cc3cc(F)cc4cccnc34)CC2)cc1. The van der Waals surface area contributed by atoms with Crippen LogP contribution in [0, 0.1) is 5.82 Å². The molecule has 3 aromatic rings. The molecule has 4 rings (SSSR count). The molecule has 1 saturated heterocycles. The largest absolute Gasteiger partial charge is 0.494 e. The van der Waals surface area contributed by atoms with Crippen molar-refractivity contribution in [2.75, 3.05) is 32.8 Å². The maximum absolute atomic E-state index is 14.0. The summed E-state index contributed by atoms with van der Waals surface area (Å²) in [5.41, 5.74) is 1.59. The lowest BCUT2D eigenvalue weighted by Gasteiger charge is -2.34. The molecule has 0 radical (unpaired) electrons. The number of ether oxygens (including phenoxy) is 1. The van der Waals surface area contributed by atoms with Crippen molar-refractivity contribution >= 4 is 20.9 Å². The van der Waals surface area contributed by atoms with Crippen LogP contribution in [0.5, 0.6) is 5.75 Å². The summed E-state index contributed by atoms with van der Waals surface area (Å²) in [7, 11) is -3.55. The van der Waals surface area contributed by atoms with E-state index in [2.05, 4.69) is 9.88 Å². The number of piperazine rings is 1. The summed E-state index contributed by atoms with van der Waals surface area (Å²) in [5.74, 6) is 0.361. The van der Waals surface area contributed by atoms with Crippen molar-refractivity contribution < 1.29 is 17.5 Å². The van der Waals surface area contributed by atoms with Gasteiger partial charge in [0.2, 0.25) is 10.0 Å². The van der Waals surface area contributed by atoms with Crippen molar-refractivity contribution in [1.29, 1.82) is 0 Å². The molecule has 1 aliphatic rings. The molecule has 0 spiro atoms. The third-order valence-corrected chi connectivity index (χ3v) is 7.16. The first-order valence-corrected chi connectivity index (χ1v) is 11.4. The zero-order valence-electron chi connectivity index (χ0n) is 16.8. The van der Waals surface area contributed by atoms with Gasteiger partial charge in [0.15, 0.2) is 0 Å². The minimum absolute atomic E-state index is 0.264. The Bertz CT molecular complexity index is 1130. The van der Waals surface area contributed by atoms with Gasteiger partial charge in [-0.2, -0.15) is 4.31 Å². The molecule has 30 heavy (non-hydrogen) atoms. The van der Waals surface area contributed by atoms with Crippen LogP contribution < -0.4 is 4.74 Å². The Morgan fingerprint density at radius 1 is 1.07 bits per heavy atom. The monoisotopic (exact) mass is 429 g/mol. The number of hydrogen-bond donors (Lipinski definition) is 0. The first-order valence-electron chi connectivity index (χ1n) is 9.96. The molecule has 6 nitrogen and oxygen atoms in total. The molecule has 8 heteroatoms. The highest BCUT2D eigenvalue weighted by atomic mass is 32.2. The fourth-order valence-corrected chi connectivity index (χ4v) is 5.16. The molecular formula is C22H24FN3O3S. The summed E-state index contributed by atoms with van der Waals surface area (Å²) in [4.78, 5) is 6.79. The van der Waals surface area contributed by atoms with E-state index in [1.54, 1.807) is 36.5 Å². The van der Waals surface area contributed by atoms with Gasteiger partial charge in [0.1, 0.15) is 11.6 Å². The summed E-state index contributed by atoms with van der Waals surface area (Å²) in [5, 5.41) is 0.768. The van der Waals surface area contributed by atoms with E-state index in [0.29, 0.717) is 45.1 Å². The molecule has 2 heterocycles. The smallest absolute Gasteiger partial charge is 0.243 e. The number of fused-ring (bicyclic) bond motifs is 1. The Kier molecular flexibility index (Phi) is 5.99. The number of halogens is 1. The van der Waals surface area contributed by atoms with Crippen molar-refractivity contribution in [3.63, 3.8) is 0 Å². The van der Waals surface area contributed by atoms with Crippen molar-refractivity contribution in [2.45, 2.75) is 18.4 Å². The molecule has 1 fully saturated rings. The topological polar surface area (TPSA) is 62.7 Å². The summed E-state index contributed by atoms with van der Waals surface area (Å²) in [6.45, 7) is 4.86. The van der Waals surface area contributed by atoms with Crippen LogP contribution >= 0.6 is 0 Å². The molecular weight excluding hydrogens is 405 g/mol. The molecule has 0 amide bonds. The van der Waals surface area contributed by atoms with E-state index in [0.717, 1.165) is 16.5 Å². The highest BCUT2D eigenvalue weighted by molar-refractivity contribution is 7.89. The van der Waals surface area contributed by atoms with Gasteiger partial charge in [0.05, 0.1) is 17.0 Å². The number of sulfonamides is 1. The van der Waals surface area contributed by atoms with Crippen molar-refractivity contribution in [3.8, 4) is 5.75 Å². The van der Waals surface area contributed by atoms with E-state index in [4.69, 9.17) is 4.74 Å². The quantitative estimate of drug-likeness (QED) is 0.602. The van der Waals surface area contributed by atoms with Gasteiger partial charge in [-0.1, -0.05) is 6.07 Å². The van der Waals surface area contributed by atoms with E-state index in [1.807, 2.05) is 13.0 Å². The van der Waals surface area contributed by atoms with E-state index in [9.17, 15) is 12.8 Å². The molecule has 0 bridgehead atoms.